The molecule has 0 bridgehead atoms. The van der Waals surface area contributed by atoms with Gasteiger partial charge in [-0.05, 0) is 43.0 Å². The third kappa shape index (κ3) is 2.47. The Morgan fingerprint density at radius 2 is 2.12 bits per heavy atom. The summed E-state index contributed by atoms with van der Waals surface area (Å²) in [6.45, 7) is 0.197. The zero-order chi connectivity index (χ0) is 12.3. The number of aliphatic hydroxyl groups excluding tert-OH is 1. The van der Waals surface area contributed by atoms with Crippen molar-refractivity contribution in [3.8, 4) is 0 Å². The van der Waals surface area contributed by atoms with E-state index in [1.807, 2.05) is 6.20 Å². The van der Waals surface area contributed by atoms with E-state index in [2.05, 4.69) is 4.98 Å². The SMILES string of the molecule is O=C(O)c1ccc2[nH]cc(CCCCO)c2c1. The zero-order valence-corrected chi connectivity index (χ0v) is 9.44. The number of hydrogen-bond donors (Lipinski definition) is 3. The van der Waals surface area contributed by atoms with E-state index in [0.29, 0.717) is 5.56 Å². The van der Waals surface area contributed by atoms with E-state index >= 15 is 0 Å². The lowest BCUT2D eigenvalue weighted by Crippen LogP contribution is -1.95. The fourth-order valence-electron chi connectivity index (χ4n) is 1.95. The quantitative estimate of drug-likeness (QED) is 0.693. The number of aromatic nitrogens is 1. The zero-order valence-electron chi connectivity index (χ0n) is 9.44. The summed E-state index contributed by atoms with van der Waals surface area (Å²) in [5, 5.41) is 18.6. The third-order valence-corrected chi connectivity index (χ3v) is 2.87. The van der Waals surface area contributed by atoms with Crippen molar-refractivity contribution in [1.82, 2.24) is 4.98 Å². The summed E-state index contributed by atoms with van der Waals surface area (Å²) in [5.41, 5.74) is 2.37. The van der Waals surface area contributed by atoms with Crippen LogP contribution in [0.2, 0.25) is 0 Å². The number of benzene rings is 1. The molecule has 1 heterocycles. The molecule has 1 aromatic heterocycles. The van der Waals surface area contributed by atoms with Crippen molar-refractivity contribution < 1.29 is 15.0 Å². The lowest BCUT2D eigenvalue weighted by atomic mass is 10.1. The maximum Gasteiger partial charge on any atom is 0.335 e. The molecule has 0 fully saturated rings. The van der Waals surface area contributed by atoms with Crippen LogP contribution in [0.25, 0.3) is 10.9 Å². The summed E-state index contributed by atoms with van der Waals surface area (Å²) < 4.78 is 0. The molecule has 0 saturated heterocycles. The number of carboxylic acids is 1. The number of rotatable bonds is 5. The van der Waals surface area contributed by atoms with Crippen LogP contribution >= 0.6 is 0 Å². The van der Waals surface area contributed by atoms with Gasteiger partial charge in [0.2, 0.25) is 0 Å². The molecule has 4 nitrogen and oxygen atoms in total. The van der Waals surface area contributed by atoms with Gasteiger partial charge >= 0.3 is 5.97 Å². The van der Waals surface area contributed by atoms with Crippen LogP contribution in [0.4, 0.5) is 0 Å². The number of aromatic amines is 1. The minimum Gasteiger partial charge on any atom is -0.478 e. The van der Waals surface area contributed by atoms with Gasteiger partial charge in [-0.1, -0.05) is 0 Å². The van der Waals surface area contributed by atoms with Crippen LogP contribution in [0.15, 0.2) is 24.4 Å². The van der Waals surface area contributed by atoms with Crippen molar-refractivity contribution in [1.29, 1.82) is 0 Å². The highest BCUT2D eigenvalue weighted by Crippen LogP contribution is 2.21. The molecule has 0 spiro atoms. The average molecular weight is 233 g/mol. The van der Waals surface area contributed by atoms with Gasteiger partial charge in [-0.15, -0.1) is 0 Å². The molecule has 90 valence electrons. The van der Waals surface area contributed by atoms with Gasteiger partial charge in [-0.2, -0.15) is 0 Å². The van der Waals surface area contributed by atoms with E-state index < -0.39 is 5.97 Å². The highest BCUT2D eigenvalue weighted by Gasteiger charge is 2.08. The van der Waals surface area contributed by atoms with Crippen molar-refractivity contribution in [3.63, 3.8) is 0 Å². The van der Waals surface area contributed by atoms with Gasteiger partial charge in [0, 0.05) is 23.7 Å². The number of carbonyl (C=O) groups is 1. The summed E-state index contributed by atoms with van der Waals surface area (Å²) in [6, 6.07) is 5.08. The molecule has 2 aromatic rings. The fraction of sp³-hybridized carbons (Fsp3) is 0.308. The maximum absolute atomic E-state index is 10.9. The molecule has 0 atom stereocenters. The molecule has 0 amide bonds. The number of hydrogen-bond acceptors (Lipinski definition) is 2. The van der Waals surface area contributed by atoms with Crippen LogP contribution in [0.3, 0.4) is 0 Å². The summed E-state index contributed by atoms with van der Waals surface area (Å²) in [6.07, 6.45) is 4.43. The van der Waals surface area contributed by atoms with Gasteiger partial charge in [0.1, 0.15) is 0 Å². The van der Waals surface area contributed by atoms with Crippen molar-refractivity contribution in [2.45, 2.75) is 19.3 Å². The van der Waals surface area contributed by atoms with E-state index in [9.17, 15) is 4.79 Å². The van der Waals surface area contributed by atoms with Crippen molar-refractivity contribution in [2.75, 3.05) is 6.61 Å². The molecule has 2 rings (SSSR count). The first-order valence-corrected chi connectivity index (χ1v) is 5.66. The van der Waals surface area contributed by atoms with Gasteiger partial charge in [0.05, 0.1) is 5.56 Å². The number of fused-ring (bicyclic) bond motifs is 1. The van der Waals surface area contributed by atoms with E-state index in [-0.39, 0.29) is 6.61 Å². The van der Waals surface area contributed by atoms with Crippen LogP contribution in [0, 0.1) is 0 Å². The molecule has 0 unspecified atom stereocenters. The number of aromatic carboxylic acids is 1. The smallest absolute Gasteiger partial charge is 0.335 e. The molecule has 1 aromatic carbocycles. The normalized spacial score (nSPS) is 10.9. The summed E-state index contributed by atoms with van der Waals surface area (Å²) in [7, 11) is 0. The minimum absolute atomic E-state index is 0.197. The fourth-order valence-corrected chi connectivity index (χ4v) is 1.95. The molecule has 3 N–H and O–H groups in total. The lowest BCUT2D eigenvalue weighted by Gasteiger charge is -1.99. The van der Waals surface area contributed by atoms with E-state index in [4.69, 9.17) is 10.2 Å². The number of carboxylic acid groups (broad SMARTS) is 1. The second-order valence-electron chi connectivity index (χ2n) is 4.06. The largest absolute Gasteiger partial charge is 0.478 e. The highest BCUT2D eigenvalue weighted by molar-refractivity contribution is 5.94. The number of H-pyrrole nitrogens is 1. The molecule has 0 aliphatic rings. The molecule has 0 saturated carbocycles. The number of aryl methyl sites for hydroxylation is 1. The Bertz CT molecular complexity index is 530. The van der Waals surface area contributed by atoms with Crippen LogP contribution in [0.5, 0.6) is 0 Å². The van der Waals surface area contributed by atoms with Crippen molar-refractivity contribution >= 4 is 16.9 Å². The Morgan fingerprint density at radius 1 is 1.29 bits per heavy atom. The molecule has 17 heavy (non-hydrogen) atoms. The Balaban J connectivity index is 2.30. The summed E-state index contributed by atoms with van der Waals surface area (Å²) in [5.74, 6) is -0.908. The molecule has 4 heteroatoms. The molecular weight excluding hydrogens is 218 g/mol. The molecular formula is C13H15NO3. The Morgan fingerprint density at radius 3 is 2.82 bits per heavy atom. The predicted octanol–water partition coefficient (Wildman–Crippen LogP) is 2.18. The average Bonchev–Trinajstić information content (AvgIpc) is 2.72. The first kappa shape index (κ1) is 11.7. The first-order chi connectivity index (χ1) is 8.22. The molecule has 0 radical (unpaired) electrons. The summed E-state index contributed by atoms with van der Waals surface area (Å²) >= 11 is 0. The topological polar surface area (TPSA) is 73.3 Å². The molecule has 0 aliphatic carbocycles. The van der Waals surface area contributed by atoms with E-state index in [1.165, 1.54) is 0 Å². The van der Waals surface area contributed by atoms with Gasteiger partial charge in [0.15, 0.2) is 0 Å². The molecule has 0 aliphatic heterocycles. The van der Waals surface area contributed by atoms with Gasteiger partial charge in [-0.3, -0.25) is 0 Å². The Labute approximate surface area is 98.9 Å². The highest BCUT2D eigenvalue weighted by atomic mass is 16.4. The Kier molecular flexibility index (Phi) is 3.44. The van der Waals surface area contributed by atoms with E-state index in [1.54, 1.807) is 18.2 Å². The predicted molar refractivity (Wildman–Crippen MR) is 65.3 cm³/mol. The lowest BCUT2D eigenvalue weighted by molar-refractivity contribution is 0.0697. The first-order valence-electron chi connectivity index (χ1n) is 5.66. The van der Waals surface area contributed by atoms with Crippen LogP contribution < -0.4 is 0 Å². The van der Waals surface area contributed by atoms with Gasteiger partial charge in [0.25, 0.3) is 0 Å². The van der Waals surface area contributed by atoms with Crippen molar-refractivity contribution in [2.24, 2.45) is 0 Å². The maximum atomic E-state index is 10.9. The number of aliphatic hydroxyl groups is 1. The van der Waals surface area contributed by atoms with Gasteiger partial charge in [-0.25, -0.2) is 4.79 Å². The number of nitrogens with one attached hydrogen (secondary N) is 1. The van der Waals surface area contributed by atoms with E-state index in [0.717, 1.165) is 35.7 Å². The second-order valence-corrected chi connectivity index (χ2v) is 4.06. The monoisotopic (exact) mass is 233 g/mol. The minimum atomic E-state index is -0.908. The number of unbranched alkanes of at least 4 members (excludes halogenated alkanes) is 1. The standard InChI is InChI=1S/C13H15NO3/c15-6-2-1-3-10-8-14-12-5-4-9(13(16)17)7-11(10)12/h4-5,7-8,14-15H,1-3,6H2,(H,16,17). The third-order valence-electron chi connectivity index (χ3n) is 2.87. The summed E-state index contributed by atoms with van der Waals surface area (Å²) in [4.78, 5) is 14.0. The van der Waals surface area contributed by atoms with Crippen molar-refractivity contribution in [3.05, 3.63) is 35.5 Å². The Hall–Kier alpha value is -1.81. The van der Waals surface area contributed by atoms with Crippen LogP contribution in [0.1, 0.15) is 28.8 Å². The van der Waals surface area contributed by atoms with Gasteiger partial charge < -0.3 is 15.2 Å². The second kappa shape index (κ2) is 5.01. The van der Waals surface area contributed by atoms with Crippen LogP contribution in [-0.2, 0) is 6.42 Å². The van der Waals surface area contributed by atoms with Crippen LogP contribution in [-0.4, -0.2) is 27.8 Å².